The van der Waals surface area contributed by atoms with Crippen LogP contribution in [0, 0.1) is 20.8 Å². The molecule has 0 atom stereocenters. The van der Waals surface area contributed by atoms with Crippen LogP contribution in [0.5, 0.6) is 11.5 Å². The van der Waals surface area contributed by atoms with Crippen molar-refractivity contribution in [2.45, 2.75) is 20.8 Å². The van der Waals surface area contributed by atoms with Gasteiger partial charge in [0.1, 0.15) is 11.5 Å². The van der Waals surface area contributed by atoms with Gasteiger partial charge in [-0.2, -0.15) is 0 Å². The Kier molecular flexibility index (Phi) is 2.27. The highest BCUT2D eigenvalue weighted by molar-refractivity contribution is 5.52. The molecule has 1 rings (SSSR count). The first-order valence-electron chi connectivity index (χ1n) is 3.91. The second-order valence-electron chi connectivity index (χ2n) is 3.02. The first-order chi connectivity index (χ1) is 5.57. The molecule has 0 bridgehead atoms. The highest BCUT2D eigenvalue weighted by atomic mass is 16.5. The number of rotatable bonds is 1. The molecule has 0 spiro atoms. The molecule has 1 N–H and O–H groups in total. The van der Waals surface area contributed by atoms with Crippen LogP contribution < -0.4 is 4.74 Å². The summed E-state index contributed by atoms with van der Waals surface area (Å²) in [4.78, 5) is 0. The lowest BCUT2D eigenvalue weighted by Gasteiger charge is -2.11. The van der Waals surface area contributed by atoms with Crippen molar-refractivity contribution < 1.29 is 9.84 Å². The summed E-state index contributed by atoms with van der Waals surface area (Å²) in [5.41, 5.74) is 2.77. The first kappa shape index (κ1) is 8.91. The minimum atomic E-state index is 0.331. The molecule has 0 fully saturated rings. The Morgan fingerprint density at radius 3 is 2.25 bits per heavy atom. The van der Waals surface area contributed by atoms with Gasteiger partial charge >= 0.3 is 0 Å². The summed E-state index contributed by atoms with van der Waals surface area (Å²) in [5, 5.41) is 9.56. The van der Waals surface area contributed by atoms with Gasteiger partial charge in [0.25, 0.3) is 0 Å². The summed E-state index contributed by atoms with van der Waals surface area (Å²) in [7, 11) is 1.62. The molecular weight excluding hydrogens is 152 g/mol. The first-order valence-corrected chi connectivity index (χ1v) is 3.91. The van der Waals surface area contributed by atoms with E-state index in [1.54, 1.807) is 7.11 Å². The molecule has 0 aliphatic heterocycles. The zero-order valence-corrected chi connectivity index (χ0v) is 7.93. The fourth-order valence-corrected chi connectivity index (χ4v) is 1.47. The highest BCUT2D eigenvalue weighted by Crippen LogP contribution is 2.32. The van der Waals surface area contributed by atoms with Crippen LogP contribution in [0.3, 0.4) is 0 Å². The van der Waals surface area contributed by atoms with E-state index in [0.717, 1.165) is 22.4 Å². The van der Waals surface area contributed by atoms with E-state index in [4.69, 9.17) is 4.74 Å². The zero-order valence-electron chi connectivity index (χ0n) is 7.93. The van der Waals surface area contributed by atoms with Crippen molar-refractivity contribution in [2.75, 3.05) is 7.11 Å². The maximum atomic E-state index is 9.56. The largest absolute Gasteiger partial charge is 0.507 e. The van der Waals surface area contributed by atoms with E-state index in [-0.39, 0.29) is 0 Å². The second-order valence-corrected chi connectivity index (χ2v) is 3.02. The van der Waals surface area contributed by atoms with E-state index in [9.17, 15) is 5.11 Å². The number of methoxy groups -OCH3 is 1. The fraction of sp³-hybridized carbons (Fsp3) is 0.400. The average Bonchev–Trinajstić information content (AvgIpc) is 2.01. The molecule has 12 heavy (non-hydrogen) atoms. The Morgan fingerprint density at radius 2 is 1.75 bits per heavy atom. The van der Waals surface area contributed by atoms with Crippen molar-refractivity contribution in [2.24, 2.45) is 0 Å². The van der Waals surface area contributed by atoms with Crippen LogP contribution in [-0.2, 0) is 0 Å². The van der Waals surface area contributed by atoms with Gasteiger partial charge in [-0.05, 0) is 38.0 Å². The predicted octanol–water partition coefficient (Wildman–Crippen LogP) is 2.33. The van der Waals surface area contributed by atoms with Gasteiger partial charge in [-0.3, -0.25) is 0 Å². The summed E-state index contributed by atoms with van der Waals surface area (Å²) in [6, 6.07) is 1.92. The van der Waals surface area contributed by atoms with Crippen LogP contribution in [0.1, 0.15) is 16.7 Å². The van der Waals surface area contributed by atoms with Gasteiger partial charge in [0.05, 0.1) is 7.11 Å². The highest BCUT2D eigenvalue weighted by Gasteiger charge is 2.09. The lowest BCUT2D eigenvalue weighted by atomic mass is 10.1. The van der Waals surface area contributed by atoms with E-state index in [1.165, 1.54) is 0 Å². The minimum Gasteiger partial charge on any atom is -0.507 e. The van der Waals surface area contributed by atoms with Crippen LogP contribution in [0.15, 0.2) is 6.07 Å². The zero-order chi connectivity index (χ0) is 9.30. The molecule has 66 valence electrons. The summed E-state index contributed by atoms with van der Waals surface area (Å²) in [6.07, 6.45) is 0. The van der Waals surface area contributed by atoms with Gasteiger partial charge < -0.3 is 9.84 Å². The quantitative estimate of drug-likeness (QED) is 0.693. The second kappa shape index (κ2) is 3.05. The predicted molar refractivity (Wildman–Crippen MR) is 48.9 cm³/mol. The number of phenolic OH excluding ortho intramolecular Hbond substituents is 1. The number of aromatic hydroxyl groups is 1. The van der Waals surface area contributed by atoms with Crippen molar-refractivity contribution in [3.8, 4) is 11.5 Å². The fourth-order valence-electron chi connectivity index (χ4n) is 1.47. The number of hydrogen-bond acceptors (Lipinski definition) is 2. The number of phenols is 1. The maximum Gasteiger partial charge on any atom is 0.128 e. The van der Waals surface area contributed by atoms with Crippen molar-refractivity contribution in [1.82, 2.24) is 0 Å². The van der Waals surface area contributed by atoms with Gasteiger partial charge in [0.15, 0.2) is 0 Å². The molecule has 1 aromatic rings. The molecule has 2 nitrogen and oxygen atoms in total. The molecule has 0 unspecified atom stereocenters. The standard InChI is InChI=1S/C10H14O2/c1-6-5-7(2)10(12-4)8(3)9(6)11/h5,11H,1-4H3. The van der Waals surface area contributed by atoms with Gasteiger partial charge in [-0.15, -0.1) is 0 Å². The Labute approximate surface area is 72.8 Å². The van der Waals surface area contributed by atoms with Gasteiger partial charge in [-0.25, -0.2) is 0 Å². The molecule has 0 aliphatic carbocycles. The smallest absolute Gasteiger partial charge is 0.128 e. The monoisotopic (exact) mass is 166 g/mol. The molecule has 0 aliphatic rings. The Morgan fingerprint density at radius 1 is 1.17 bits per heavy atom. The van der Waals surface area contributed by atoms with Crippen LogP contribution in [0.2, 0.25) is 0 Å². The maximum absolute atomic E-state index is 9.56. The number of hydrogen-bond donors (Lipinski definition) is 1. The molecule has 0 aromatic heterocycles. The van der Waals surface area contributed by atoms with Crippen molar-refractivity contribution in [3.63, 3.8) is 0 Å². The summed E-state index contributed by atoms with van der Waals surface area (Å²) < 4.78 is 5.15. The molecular formula is C10H14O2. The van der Waals surface area contributed by atoms with Crippen LogP contribution in [-0.4, -0.2) is 12.2 Å². The van der Waals surface area contributed by atoms with Gasteiger partial charge in [-0.1, -0.05) is 0 Å². The molecule has 2 heteroatoms. The van der Waals surface area contributed by atoms with Crippen LogP contribution in [0.25, 0.3) is 0 Å². The van der Waals surface area contributed by atoms with Gasteiger partial charge in [0, 0.05) is 5.56 Å². The van der Waals surface area contributed by atoms with Crippen molar-refractivity contribution in [1.29, 1.82) is 0 Å². The minimum absolute atomic E-state index is 0.331. The molecule has 0 radical (unpaired) electrons. The van der Waals surface area contributed by atoms with Crippen LogP contribution in [0.4, 0.5) is 0 Å². The molecule has 1 aromatic carbocycles. The van der Waals surface area contributed by atoms with Crippen LogP contribution >= 0.6 is 0 Å². The van der Waals surface area contributed by atoms with Gasteiger partial charge in [0.2, 0.25) is 0 Å². The lowest BCUT2D eigenvalue weighted by molar-refractivity contribution is 0.399. The Balaban J connectivity index is 3.40. The normalized spacial score (nSPS) is 10.0. The third kappa shape index (κ3) is 1.24. The topological polar surface area (TPSA) is 29.5 Å². The third-order valence-electron chi connectivity index (χ3n) is 2.06. The van der Waals surface area contributed by atoms with Crippen molar-refractivity contribution >= 4 is 0 Å². The summed E-state index contributed by atoms with van der Waals surface area (Å²) in [6.45, 7) is 5.71. The van der Waals surface area contributed by atoms with E-state index in [1.807, 2.05) is 26.8 Å². The third-order valence-corrected chi connectivity index (χ3v) is 2.06. The Hall–Kier alpha value is -1.18. The lowest BCUT2D eigenvalue weighted by Crippen LogP contribution is -1.92. The summed E-state index contributed by atoms with van der Waals surface area (Å²) >= 11 is 0. The Bertz CT molecular complexity index is 303. The summed E-state index contributed by atoms with van der Waals surface area (Å²) in [5.74, 6) is 1.11. The molecule has 0 heterocycles. The van der Waals surface area contributed by atoms with E-state index >= 15 is 0 Å². The SMILES string of the molecule is COc1c(C)cc(C)c(O)c1C. The number of aryl methyl sites for hydroxylation is 2. The van der Waals surface area contributed by atoms with Crippen molar-refractivity contribution in [3.05, 3.63) is 22.8 Å². The average molecular weight is 166 g/mol. The molecule has 0 amide bonds. The number of ether oxygens (including phenoxy) is 1. The van der Waals surface area contributed by atoms with E-state index in [0.29, 0.717) is 5.75 Å². The molecule has 0 saturated carbocycles. The van der Waals surface area contributed by atoms with E-state index in [2.05, 4.69) is 0 Å². The van der Waals surface area contributed by atoms with E-state index < -0.39 is 0 Å². The molecule has 0 saturated heterocycles. The number of benzene rings is 1.